The molecule has 0 bridgehead atoms. The van der Waals surface area contributed by atoms with Gasteiger partial charge in [0.15, 0.2) is 0 Å². The van der Waals surface area contributed by atoms with Crippen LogP contribution in [0.15, 0.2) is 18.2 Å². The van der Waals surface area contributed by atoms with Crippen molar-refractivity contribution in [2.24, 2.45) is 0 Å². The molecule has 0 N–H and O–H groups in total. The molecule has 13 heavy (non-hydrogen) atoms. The molecule has 0 spiro atoms. The molecule has 0 saturated carbocycles. The first kappa shape index (κ1) is 12.2. The molecule has 1 nitrogen and oxygen atoms in total. The van der Waals surface area contributed by atoms with Crippen molar-refractivity contribution < 1.29 is 4.79 Å². The third kappa shape index (κ3) is 3.60. The Morgan fingerprint density at radius 2 is 2.00 bits per heavy atom. The van der Waals surface area contributed by atoms with Crippen LogP contribution in [-0.4, -0.2) is 6.79 Å². The minimum absolute atomic E-state index is 0.939. The second-order valence-electron chi connectivity index (χ2n) is 2.80. The number of benzene rings is 1. The van der Waals surface area contributed by atoms with Crippen LogP contribution in [0.4, 0.5) is 0 Å². The Kier molecular flexibility index (Phi) is 6.25. The summed E-state index contributed by atoms with van der Waals surface area (Å²) in [4.78, 5) is 8.00. The van der Waals surface area contributed by atoms with Gasteiger partial charge >= 0.3 is 0 Å². The molecule has 1 rings (SSSR count). The van der Waals surface area contributed by atoms with Gasteiger partial charge in [-0.1, -0.05) is 43.1 Å². The minimum Gasteiger partial charge on any atom is -0.307 e. The fourth-order valence-corrected chi connectivity index (χ4v) is 1.39. The molecule has 1 aromatic carbocycles. The molecule has 0 radical (unpaired) electrons. The van der Waals surface area contributed by atoms with Crippen LogP contribution in [0.25, 0.3) is 0 Å². The maximum atomic E-state index is 8.00. The first-order chi connectivity index (χ1) is 6.25. The fourth-order valence-electron chi connectivity index (χ4n) is 1.17. The lowest BCUT2D eigenvalue weighted by Crippen LogP contribution is -1.86. The summed E-state index contributed by atoms with van der Waals surface area (Å²) in [5, 5.41) is 0.939. The molecule has 0 atom stereocenters. The Labute approximate surface area is 84.7 Å². The first-order valence-electron chi connectivity index (χ1n) is 4.28. The zero-order valence-corrected chi connectivity index (χ0v) is 8.90. The summed E-state index contributed by atoms with van der Waals surface area (Å²) in [6.07, 6.45) is 2.24. The van der Waals surface area contributed by atoms with Crippen LogP contribution in [-0.2, 0) is 11.2 Å². The van der Waals surface area contributed by atoms with E-state index in [2.05, 4.69) is 19.1 Å². The van der Waals surface area contributed by atoms with Gasteiger partial charge in [0.25, 0.3) is 0 Å². The van der Waals surface area contributed by atoms with E-state index in [4.69, 9.17) is 16.4 Å². The monoisotopic (exact) mass is 198 g/mol. The summed E-state index contributed by atoms with van der Waals surface area (Å²) in [6, 6.07) is 6.20. The number of aryl methyl sites for hydroxylation is 2. The van der Waals surface area contributed by atoms with E-state index in [0.717, 1.165) is 17.9 Å². The summed E-state index contributed by atoms with van der Waals surface area (Å²) in [6.45, 7) is 6.21. The fraction of sp³-hybridized carbons (Fsp3) is 0.364. The number of carbonyl (C=O) groups is 1. The molecule has 2 heteroatoms. The van der Waals surface area contributed by atoms with E-state index in [-0.39, 0.29) is 0 Å². The lowest BCUT2D eigenvalue weighted by atomic mass is 10.1. The molecule has 0 aliphatic rings. The molecule has 1 aromatic rings. The third-order valence-electron chi connectivity index (χ3n) is 1.79. The second kappa shape index (κ2) is 6.67. The van der Waals surface area contributed by atoms with Gasteiger partial charge in [-0.3, -0.25) is 0 Å². The number of hydrogen-bond donors (Lipinski definition) is 0. The molecule has 0 aromatic heterocycles. The molecule has 0 aliphatic carbocycles. The van der Waals surface area contributed by atoms with Gasteiger partial charge in [-0.05, 0) is 24.5 Å². The van der Waals surface area contributed by atoms with Crippen LogP contribution in [0.5, 0.6) is 0 Å². The van der Waals surface area contributed by atoms with Crippen molar-refractivity contribution >= 4 is 18.4 Å². The Balaban J connectivity index is 0.000000671. The Morgan fingerprint density at radius 1 is 1.38 bits per heavy atom. The van der Waals surface area contributed by atoms with E-state index >= 15 is 0 Å². The van der Waals surface area contributed by atoms with Crippen LogP contribution >= 0.6 is 11.6 Å². The van der Waals surface area contributed by atoms with Gasteiger partial charge < -0.3 is 4.79 Å². The molecule has 0 aliphatic heterocycles. The average molecular weight is 199 g/mol. The second-order valence-corrected chi connectivity index (χ2v) is 3.18. The third-order valence-corrected chi connectivity index (χ3v) is 2.33. The van der Waals surface area contributed by atoms with Gasteiger partial charge in [0.1, 0.15) is 6.79 Å². The maximum Gasteiger partial charge on any atom is 0.106 e. The summed E-state index contributed by atoms with van der Waals surface area (Å²) in [5.74, 6) is 0. The summed E-state index contributed by atoms with van der Waals surface area (Å²) >= 11 is 6.07. The SMILES string of the molecule is C=O.CCCc1cccc(C)c1Cl. The van der Waals surface area contributed by atoms with E-state index in [1.165, 1.54) is 11.1 Å². The van der Waals surface area contributed by atoms with Crippen LogP contribution in [0.2, 0.25) is 5.02 Å². The minimum atomic E-state index is 0.939. The number of hydrogen-bond acceptors (Lipinski definition) is 1. The van der Waals surface area contributed by atoms with Crippen molar-refractivity contribution in [1.82, 2.24) is 0 Å². The summed E-state index contributed by atoms with van der Waals surface area (Å²) < 4.78 is 0. The quantitative estimate of drug-likeness (QED) is 0.712. The maximum absolute atomic E-state index is 8.00. The highest BCUT2D eigenvalue weighted by atomic mass is 35.5. The lowest BCUT2D eigenvalue weighted by molar-refractivity contribution is -0.0979. The predicted molar refractivity (Wildman–Crippen MR) is 57.3 cm³/mol. The summed E-state index contributed by atoms with van der Waals surface area (Å²) in [5.41, 5.74) is 2.45. The number of rotatable bonds is 2. The Bertz CT molecular complexity index is 258. The van der Waals surface area contributed by atoms with E-state index in [0.29, 0.717) is 0 Å². The standard InChI is InChI=1S/C10H13Cl.CH2O/c1-3-5-9-7-4-6-8(2)10(9)11;1-2/h4,6-7H,3,5H2,1-2H3;1H2. The smallest absolute Gasteiger partial charge is 0.106 e. The predicted octanol–water partition coefficient (Wildman–Crippen LogP) is 3.42. The van der Waals surface area contributed by atoms with Crippen LogP contribution < -0.4 is 0 Å². The average Bonchev–Trinajstić information content (AvgIpc) is 2.17. The normalized spacial score (nSPS) is 8.85. The van der Waals surface area contributed by atoms with E-state index in [9.17, 15) is 0 Å². The molecule has 0 amide bonds. The van der Waals surface area contributed by atoms with Gasteiger partial charge in [-0.2, -0.15) is 0 Å². The van der Waals surface area contributed by atoms with Crippen LogP contribution in [0, 0.1) is 6.92 Å². The van der Waals surface area contributed by atoms with Gasteiger partial charge in [-0.15, -0.1) is 0 Å². The van der Waals surface area contributed by atoms with Crippen molar-refractivity contribution in [2.45, 2.75) is 26.7 Å². The Hall–Kier alpha value is -0.820. The molecule has 72 valence electrons. The van der Waals surface area contributed by atoms with Crippen molar-refractivity contribution in [3.8, 4) is 0 Å². The highest BCUT2D eigenvalue weighted by molar-refractivity contribution is 6.32. The van der Waals surface area contributed by atoms with Crippen molar-refractivity contribution in [3.05, 3.63) is 34.3 Å². The number of carbonyl (C=O) groups excluding carboxylic acids is 1. The molecule has 0 heterocycles. The summed E-state index contributed by atoms with van der Waals surface area (Å²) in [7, 11) is 0. The van der Waals surface area contributed by atoms with Crippen LogP contribution in [0.3, 0.4) is 0 Å². The molecule has 0 fully saturated rings. The van der Waals surface area contributed by atoms with Gasteiger partial charge in [0.05, 0.1) is 0 Å². The molecular formula is C11H15ClO. The van der Waals surface area contributed by atoms with E-state index < -0.39 is 0 Å². The highest BCUT2D eigenvalue weighted by Crippen LogP contribution is 2.21. The lowest BCUT2D eigenvalue weighted by Gasteiger charge is -2.03. The zero-order valence-electron chi connectivity index (χ0n) is 8.14. The first-order valence-corrected chi connectivity index (χ1v) is 4.66. The zero-order chi connectivity index (χ0) is 10.3. The highest BCUT2D eigenvalue weighted by Gasteiger charge is 1.99. The van der Waals surface area contributed by atoms with Crippen molar-refractivity contribution in [3.63, 3.8) is 0 Å². The van der Waals surface area contributed by atoms with E-state index in [1.54, 1.807) is 0 Å². The molecular weight excluding hydrogens is 184 g/mol. The van der Waals surface area contributed by atoms with Gasteiger partial charge in [0.2, 0.25) is 0 Å². The van der Waals surface area contributed by atoms with Gasteiger partial charge in [0, 0.05) is 5.02 Å². The molecule has 0 unspecified atom stereocenters. The van der Waals surface area contributed by atoms with Gasteiger partial charge in [-0.25, -0.2) is 0 Å². The topological polar surface area (TPSA) is 17.1 Å². The van der Waals surface area contributed by atoms with Crippen molar-refractivity contribution in [1.29, 1.82) is 0 Å². The number of halogens is 1. The van der Waals surface area contributed by atoms with E-state index in [1.807, 2.05) is 19.8 Å². The molecule has 0 saturated heterocycles. The van der Waals surface area contributed by atoms with Crippen molar-refractivity contribution in [2.75, 3.05) is 0 Å². The van der Waals surface area contributed by atoms with Crippen LogP contribution in [0.1, 0.15) is 24.5 Å². The largest absolute Gasteiger partial charge is 0.307 e. The Morgan fingerprint density at radius 3 is 2.54 bits per heavy atom.